The van der Waals surface area contributed by atoms with Gasteiger partial charge in [0.25, 0.3) is 0 Å². The molecule has 0 spiro atoms. The van der Waals surface area contributed by atoms with Crippen molar-refractivity contribution in [1.29, 1.82) is 0 Å². The molecular formula is C9H13FN2. The average molecular weight is 168 g/mol. The Morgan fingerprint density at radius 2 is 2.08 bits per heavy atom. The van der Waals surface area contributed by atoms with Crippen LogP contribution in [0, 0.1) is 5.82 Å². The molecule has 0 radical (unpaired) electrons. The molecule has 1 N–H and O–H groups in total. The molecule has 0 aliphatic heterocycles. The van der Waals surface area contributed by atoms with Gasteiger partial charge in [-0.1, -0.05) is 0 Å². The molecule has 1 aromatic heterocycles. The fourth-order valence-electron chi connectivity index (χ4n) is 0.874. The van der Waals surface area contributed by atoms with E-state index in [9.17, 15) is 4.39 Å². The lowest BCUT2D eigenvalue weighted by molar-refractivity contribution is 0.429. The van der Waals surface area contributed by atoms with Crippen LogP contribution in [0.25, 0.3) is 0 Å². The monoisotopic (exact) mass is 168 g/mol. The summed E-state index contributed by atoms with van der Waals surface area (Å²) in [5.41, 5.74) is 0.639. The van der Waals surface area contributed by atoms with Gasteiger partial charge in [-0.2, -0.15) is 0 Å². The van der Waals surface area contributed by atoms with Crippen molar-refractivity contribution >= 4 is 0 Å². The van der Waals surface area contributed by atoms with E-state index >= 15 is 0 Å². The highest BCUT2D eigenvalue weighted by molar-refractivity contribution is 5.13. The van der Waals surface area contributed by atoms with Gasteiger partial charge in [-0.15, -0.1) is 0 Å². The van der Waals surface area contributed by atoms with Gasteiger partial charge in [-0.25, -0.2) is 4.39 Å². The summed E-state index contributed by atoms with van der Waals surface area (Å²) in [5, 5.41) is 3.09. The number of pyridine rings is 1. The predicted molar refractivity (Wildman–Crippen MR) is 46.3 cm³/mol. The van der Waals surface area contributed by atoms with E-state index in [0.29, 0.717) is 0 Å². The Morgan fingerprint density at radius 3 is 2.50 bits per heavy atom. The van der Waals surface area contributed by atoms with Gasteiger partial charge in [0, 0.05) is 0 Å². The van der Waals surface area contributed by atoms with Gasteiger partial charge >= 0.3 is 0 Å². The van der Waals surface area contributed by atoms with Gasteiger partial charge in [0.1, 0.15) is 5.82 Å². The minimum Gasteiger partial charge on any atom is -0.310 e. The third-order valence-electron chi connectivity index (χ3n) is 1.99. The van der Waals surface area contributed by atoms with E-state index in [1.165, 1.54) is 12.3 Å². The molecule has 0 aliphatic carbocycles. The molecule has 0 bridgehead atoms. The largest absolute Gasteiger partial charge is 0.310 e. The summed E-state index contributed by atoms with van der Waals surface area (Å²) in [5.74, 6) is -0.300. The lowest BCUT2D eigenvalue weighted by Crippen LogP contribution is -2.34. The zero-order valence-electron chi connectivity index (χ0n) is 7.56. The highest BCUT2D eigenvalue weighted by Crippen LogP contribution is 2.16. The first-order valence-corrected chi connectivity index (χ1v) is 3.87. The van der Waals surface area contributed by atoms with Crippen LogP contribution in [-0.2, 0) is 5.54 Å². The minimum atomic E-state index is -0.300. The van der Waals surface area contributed by atoms with Crippen LogP contribution < -0.4 is 5.32 Å². The average Bonchev–Trinajstić information content (AvgIpc) is 2.05. The Hall–Kier alpha value is -0.960. The van der Waals surface area contributed by atoms with Crippen LogP contribution in [0.1, 0.15) is 19.5 Å². The topological polar surface area (TPSA) is 24.9 Å². The Balaban J connectivity index is 2.96. The zero-order chi connectivity index (χ0) is 9.19. The van der Waals surface area contributed by atoms with Crippen molar-refractivity contribution in [1.82, 2.24) is 10.3 Å². The van der Waals surface area contributed by atoms with Gasteiger partial charge in [-0.3, -0.25) is 4.98 Å². The van der Waals surface area contributed by atoms with Crippen molar-refractivity contribution in [3.8, 4) is 0 Å². The standard InChI is InChI=1S/C9H13FN2/c1-9(2,11-3)8-5-4-7(10)6-12-8/h4-6,11H,1-3H3. The summed E-state index contributed by atoms with van der Waals surface area (Å²) in [6.07, 6.45) is 1.23. The van der Waals surface area contributed by atoms with Crippen molar-refractivity contribution in [2.45, 2.75) is 19.4 Å². The van der Waals surface area contributed by atoms with E-state index in [0.717, 1.165) is 5.69 Å². The fraction of sp³-hybridized carbons (Fsp3) is 0.444. The summed E-state index contributed by atoms with van der Waals surface area (Å²) in [7, 11) is 1.85. The molecule has 0 unspecified atom stereocenters. The molecule has 0 aromatic carbocycles. The number of halogens is 1. The number of nitrogens with zero attached hydrogens (tertiary/aromatic N) is 1. The van der Waals surface area contributed by atoms with E-state index in [2.05, 4.69) is 10.3 Å². The number of hydrogen-bond acceptors (Lipinski definition) is 2. The molecule has 1 heterocycles. The molecule has 66 valence electrons. The summed E-state index contributed by atoms with van der Waals surface area (Å²) >= 11 is 0. The van der Waals surface area contributed by atoms with E-state index in [1.807, 2.05) is 20.9 Å². The zero-order valence-corrected chi connectivity index (χ0v) is 7.56. The lowest BCUT2D eigenvalue weighted by Gasteiger charge is -2.22. The number of aromatic nitrogens is 1. The van der Waals surface area contributed by atoms with Crippen molar-refractivity contribution in [2.75, 3.05) is 7.05 Å². The Bertz CT molecular complexity index is 254. The van der Waals surface area contributed by atoms with Gasteiger partial charge in [0.2, 0.25) is 0 Å². The first kappa shape index (κ1) is 9.13. The number of rotatable bonds is 2. The van der Waals surface area contributed by atoms with Crippen LogP contribution in [0.15, 0.2) is 18.3 Å². The molecule has 0 atom stereocenters. The molecule has 1 rings (SSSR count). The molecule has 0 fully saturated rings. The van der Waals surface area contributed by atoms with Gasteiger partial charge in [0.05, 0.1) is 17.4 Å². The molecule has 0 aliphatic rings. The maximum absolute atomic E-state index is 12.5. The Labute approximate surface area is 71.8 Å². The molecule has 3 heteroatoms. The van der Waals surface area contributed by atoms with Gasteiger partial charge in [-0.05, 0) is 33.0 Å². The molecule has 1 aromatic rings. The van der Waals surface area contributed by atoms with E-state index in [-0.39, 0.29) is 11.4 Å². The third kappa shape index (κ3) is 1.80. The first-order chi connectivity index (χ1) is 5.56. The molecule has 0 saturated heterocycles. The highest BCUT2D eigenvalue weighted by Gasteiger charge is 2.18. The maximum atomic E-state index is 12.5. The second-order valence-corrected chi connectivity index (χ2v) is 3.24. The highest BCUT2D eigenvalue weighted by atomic mass is 19.1. The summed E-state index contributed by atoms with van der Waals surface area (Å²) < 4.78 is 12.5. The van der Waals surface area contributed by atoms with Crippen molar-refractivity contribution in [2.24, 2.45) is 0 Å². The normalized spacial score (nSPS) is 11.7. The molecule has 0 saturated carbocycles. The minimum absolute atomic E-state index is 0.201. The van der Waals surface area contributed by atoms with Crippen molar-refractivity contribution in [3.05, 3.63) is 29.8 Å². The van der Waals surface area contributed by atoms with E-state index in [4.69, 9.17) is 0 Å². The SMILES string of the molecule is CNC(C)(C)c1ccc(F)cn1. The van der Waals surface area contributed by atoms with Gasteiger partial charge < -0.3 is 5.32 Å². The molecule has 12 heavy (non-hydrogen) atoms. The Morgan fingerprint density at radius 1 is 1.42 bits per heavy atom. The number of nitrogens with one attached hydrogen (secondary N) is 1. The fourth-order valence-corrected chi connectivity index (χ4v) is 0.874. The summed E-state index contributed by atoms with van der Waals surface area (Å²) in [6, 6.07) is 3.10. The van der Waals surface area contributed by atoms with Crippen LogP contribution >= 0.6 is 0 Å². The van der Waals surface area contributed by atoms with Crippen molar-refractivity contribution in [3.63, 3.8) is 0 Å². The summed E-state index contributed by atoms with van der Waals surface area (Å²) in [4.78, 5) is 3.98. The molecule has 0 amide bonds. The van der Waals surface area contributed by atoms with Crippen LogP contribution in [0.5, 0.6) is 0 Å². The van der Waals surface area contributed by atoms with E-state index < -0.39 is 0 Å². The first-order valence-electron chi connectivity index (χ1n) is 3.87. The Kier molecular flexibility index (Phi) is 2.43. The maximum Gasteiger partial charge on any atom is 0.141 e. The second-order valence-electron chi connectivity index (χ2n) is 3.24. The summed E-state index contributed by atoms with van der Waals surface area (Å²) in [6.45, 7) is 3.99. The smallest absolute Gasteiger partial charge is 0.141 e. The van der Waals surface area contributed by atoms with Crippen LogP contribution in [0.4, 0.5) is 4.39 Å². The van der Waals surface area contributed by atoms with Crippen LogP contribution in [0.2, 0.25) is 0 Å². The number of hydrogen-bond donors (Lipinski definition) is 1. The predicted octanol–water partition coefficient (Wildman–Crippen LogP) is 1.68. The van der Waals surface area contributed by atoms with E-state index in [1.54, 1.807) is 6.07 Å². The third-order valence-corrected chi connectivity index (χ3v) is 1.99. The second kappa shape index (κ2) is 3.19. The molecular weight excluding hydrogens is 155 g/mol. The quantitative estimate of drug-likeness (QED) is 0.726. The van der Waals surface area contributed by atoms with Crippen LogP contribution in [-0.4, -0.2) is 12.0 Å². The molecule has 2 nitrogen and oxygen atoms in total. The lowest BCUT2D eigenvalue weighted by atomic mass is 10.0. The van der Waals surface area contributed by atoms with Crippen LogP contribution in [0.3, 0.4) is 0 Å². The van der Waals surface area contributed by atoms with Crippen molar-refractivity contribution < 1.29 is 4.39 Å². The van der Waals surface area contributed by atoms with Gasteiger partial charge in [0.15, 0.2) is 0 Å².